The van der Waals surface area contributed by atoms with E-state index in [9.17, 15) is 9.18 Å². The van der Waals surface area contributed by atoms with Crippen molar-refractivity contribution in [3.8, 4) is 0 Å². The molecule has 1 atom stereocenters. The van der Waals surface area contributed by atoms with Gasteiger partial charge in [0.15, 0.2) is 0 Å². The average molecular weight is 264 g/mol. The van der Waals surface area contributed by atoms with Crippen molar-refractivity contribution in [2.24, 2.45) is 0 Å². The van der Waals surface area contributed by atoms with Gasteiger partial charge in [-0.15, -0.1) is 0 Å². The summed E-state index contributed by atoms with van der Waals surface area (Å²) in [6, 6.07) is 6.58. The van der Waals surface area contributed by atoms with E-state index in [1.54, 1.807) is 12.1 Å². The number of nitrogens with one attached hydrogen (secondary N) is 1. The number of carbonyl (C=O) groups is 1. The lowest BCUT2D eigenvalue weighted by atomic mass is 10.1. The number of carbonyl (C=O) groups excluding carboxylic acids is 1. The minimum Gasteiger partial charge on any atom is -0.341 e. The highest BCUT2D eigenvalue weighted by atomic mass is 19.1. The molecule has 1 amide bonds. The Morgan fingerprint density at radius 1 is 1.37 bits per heavy atom. The van der Waals surface area contributed by atoms with E-state index in [-0.39, 0.29) is 17.8 Å². The van der Waals surface area contributed by atoms with Crippen LogP contribution in [0.3, 0.4) is 0 Å². The number of likely N-dealkylation sites (tertiary alicyclic amines) is 1. The fourth-order valence-electron chi connectivity index (χ4n) is 2.42. The van der Waals surface area contributed by atoms with Crippen molar-refractivity contribution in [3.63, 3.8) is 0 Å². The second kappa shape index (κ2) is 6.66. The predicted octanol–water partition coefficient (Wildman–Crippen LogP) is 1.97. The molecule has 1 aliphatic rings. The van der Waals surface area contributed by atoms with Crippen molar-refractivity contribution < 1.29 is 9.18 Å². The second-order valence-corrected chi connectivity index (χ2v) is 5.05. The summed E-state index contributed by atoms with van der Waals surface area (Å²) in [5.41, 5.74) is 0.691. The molecule has 19 heavy (non-hydrogen) atoms. The van der Waals surface area contributed by atoms with Crippen LogP contribution in [0.15, 0.2) is 24.3 Å². The van der Waals surface area contributed by atoms with Gasteiger partial charge in [-0.1, -0.05) is 18.2 Å². The van der Waals surface area contributed by atoms with Crippen LogP contribution in [0.2, 0.25) is 0 Å². The van der Waals surface area contributed by atoms with E-state index >= 15 is 0 Å². The zero-order valence-electron chi connectivity index (χ0n) is 11.4. The predicted molar refractivity (Wildman–Crippen MR) is 73.4 cm³/mol. The zero-order valence-corrected chi connectivity index (χ0v) is 11.4. The van der Waals surface area contributed by atoms with Crippen LogP contribution in [0.1, 0.15) is 25.3 Å². The van der Waals surface area contributed by atoms with Crippen LogP contribution >= 0.6 is 0 Å². The molecule has 1 N–H and O–H groups in total. The van der Waals surface area contributed by atoms with Crippen molar-refractivity contribution in [1.82, 2.24) is 10.2 Å². The molecule has 4 heteroatoms. The lowest BCUT2D eigenvalue weighted by Crippen LogP contribution is -2.44. The summed E-state index contributed by atoms with van der Waals surface area (Å²) >= 11 is 0. The quantitative estimate of drug-likeness (QED) is 0.882. The van der Waals surface area contributed by atoms with Crippen LogP contribution in [0.5, 0.6) is 0 Å². The second-order valence-electron chi connectivity index (χ2n) is 5.05. The summed E-state index contributed by atoms with van der Waals surface area (Å²) in [5, 5.41) is 3.18. The van der Waals surface area contributed by atoms with Gasteiger partial charge in [-0.25, -0.2) is 4.39 Å². The number of halogens is 1. The normalized spacial score (nSPS) is 16.6. The van der Waals surface area contributed by atoms with E-state index in [1.165, 1.54) is 6.07 Å². The first-order chi connectivity index (χ1) is 9.18. The molecular weight excluding hydrogens is 243 g/mol. The van der Waals surface area contributed by atoms with E-state index < -0.39 is 0 Å². The van der Waals surface area contributed by atoms with E-state index in [1.807, 2.05) is 17.9 Å². The minimum absolute atomic E-state index is 0.158. The zero-order chi connectivity index (χ0) is 13.7. The molecule has 1 heterocycles. The molecule has 0 aliphatic carbocycles. The number of hydrogen-bond acceptors (Lipinski definition) is 2. The minimum atomic E-state index is -0.190. The Balaban J connectivity index is 1.76. The summed E-state index contributed by atoms with van der Waals surface area (Å²) in [7, 11) is 0. The molecular formula is C15H21FN2O. The molecule has 1 fully saturated rings. The molecule has 1 aromatic carbocycles. The topological polar surface area (TPSA) is 32.3 Å². The Hall–Kier alpha value is -1.42. The van der Waals surface area contributed by atoms with E-state index in [4.69, 9.17) is 0 Å². The van der Waals surface area contributed by atoms with Gasteiger partial charge in [-0.05, 0) is 37.8 Å². The monoisotopic (exact) mass is 264 g/mol. The first kappa shape index (κ1) is 14.0. The summed E-state index contributed by atoms with van der Waals surface area (Å²) in [5.74, 6) is -0.0196. The van der Waals surface area contributed by atoms with Crippen molar-refractivity contribution in [2.45, 2.75) is 32.2 Å². The summed E-state index contributed by atoms with van der Waals surface area (Å²) in [6.07, 6.45) is 2.81. The molecule has 0 aromatic heterocycles. The van der Waals surface area contributed by atoms with Crippen molar-refractivity contribution in [1.29, 1.82) is 0 Å². The van der Waals surface area contributed by atoms with E-state index in [0.29, 0.717) is 18.5 Å². The maximum absolute atomic E-state index is 13.4. The first-order valence-electron chi connectivity index (χ1n) is 6.94. The molecule has 2 rings (SSSR count). The highest BCUT2D eigenvalue weighted by Gasteiger charge is 2.22. The Kier molecular flexibility index (Phi) is 4.91. The lowest BCUT2D eigenvalue weighted by molar-refractivity contribution is -0.131. The van der Waals surface area contributed by atoms with Crippen LogP contribution in [-0.2, 0) is 11.2 Å². The lowest BCUT2D eigenvalue weighted by Gasteiger charge is -2.21. The largest absolute Gasteiger partial charge is 0.341 e. The summed E-state index contributed by atoms with van der Waals surface area (Å²) in [4.78, 5) is 13.9. The van der Waals surface area contributed by atoms with Gasteiger partial charge in [-0.2, -0.15) is 0 Å². The molecule has 1 saturated heterocycles. The molecule has 0 radical (unpaired) electrons. The number of rotatable bonds is 5. The first-order valence-corrected chi connectivity index (χ1v) is 6.94. The van der Waals surface area contributed by atoms with E-state index in [0.717, 1.165) is 25.9 Å². The van der Waals surface area contributed by atoms with Crippen LogP contribution in [0, 0.1) is 5.82 Å². The fraction of sp³-hybridized carbons (Fsp3) is 0.533. The van der Waals surface area contributed by atoms with Crippen LogP contribution in [0.25, 0.3) is 0 Å². The van der Waals surface area contributed by atoms with Gasteiger partial charge in [0.25, 0.3) is 0 Å². The Labute approximate surface area is 113 Å². The Morgan fingerprint density at radius 3 is 2.74 bits per heavy atom. The van der Waals surface area contributed by atoms with Gasteiger partial charge < -0.3 is 10.2 Å². The van der Waals surface area contributed by atoms with Crippen LogP contribution in [0.4, 0.5) is 4.39 Å². The highest BCUT2D eigenvalue weighted by molar-refractivity contribution is 5.81. The third kappa shape index (κ3) is 3.77. The maximum Gasteiger partial charge on any atom is 0.239 e. The van der Waals surface area contributed by atoms with Gasteiger partial charge in [0, 0.05) is 19.6 Å². The smallest absolute Gasteiger partial charge is 0.239 e. The van der Waals surface area contributed by atoms with Gasteiger partial charge in [0.1, 0.15) is 5.82 Å². The molecule has 0 bridgehead atoms. The highest BCUT2D eigenvalue weighted by Crippen LogP contribution is 2.09. The molecule has 104 valence electrons. The van der Waals surface area contributed by atoms with Gasteiger partial charge in [0.2, 0.25) is 5.91 Å². The fourth-order valence-corrected chi connectivity index (χ4v) is 2.42. The number of amides is 1. The number of hydrogen-bond donors (Lipinski definition) is 1. The Bertz CT molecular complexity index is 430. The molecule has 1 unspecified atom stereocenters. The van der Waals surface area contributed by atoms with Gasteiger partial charge >= 0.3 is 0 Å². The van der Waals surface area contributed by atoms with Crippen LogP contribution in [-0.4, -0.2) is 36.5 Å². The Morgan fingerprint density at radius 2 is 2.05 bits per heavy atom. The van der Waals surface area contributed by atoms with Gasteiger partial charge in [0.05, 0.1) is 6.04 Å². The maximum atomic E-state index is 13.4. The molecule has 0 saturated carbocycles. The molecule has 1 aliphatic heterocycles. The third-order valence-electron chi connectivity index (χ3n) is 3.59. The van der Waals surface area contributed by atoms with Crippen LogP contribution < -0.4 is 5.32 Å². The SMILES string of the molecule is CC(NCCc1ccccc1F)C(=O)N1CCCC1. The third-order valence-corrected chi connectivity index (χ3v) is 3.59. The van der Waals surface area contributed by atoms with Crippen molar-refractivity contribution >= 4 is 5.91 Å². The summed E-state index contributed by atoms with van der Waals surface area (Å²) in [6.45, 7) is 4.24. The molecule has 3 nitrogen and oxygen atoms in total. The summed E-state index contributed by atoms with van der Waals surface area (Å²) < 4.78 is 13.4. The van der Waals surface area contributed by atoms with E-state index in [2.05, 4.69) is 5.32 Å². The molecule has 1 aromatic rings. The van der Waals surface area contributed by atoms with Crippen molar-refractivity contribution in [3.05, 3.63) is 35.6 Å². The average Bonchev–Trinajstić information content (AvgIpc) is 2.94. The van der Waals surface area contributed by atoms with Crippen molar-refractivity contribution in [2.75, 3.05) is 19.6 Å². The molecule has 0 spiro atoms. The van der Waals surface area contributed by atoms with Gasteiger partial charge in [-0.3, -0.25) is 4.79 Å². The number of nitrogens with zero attached hydrogens (tertiary/aromatic N) is 1. The number of benzene rings is 1. The standard InChI is InChI=1S/C15H21FN2O/c1-12(15(19)18-10-4-5-11-18)17-9-8-13-6-2-3-7-14(13)16/h2-3,6-7,12,17H,4-5,8-11H2,1H3.